The largest absolute Gasteiger partial charge is 0.465 e. The molecule has 0 bridgehead atoms. The number of anilines is 2. The minimum absolute atomic E-state index is 0.0234. The predicted molar refractivity (Wildman–Crippen MR) is 153 cm³/mol. The van der Waals surface area contributed by atoms with Crippen LogP contribution < -0.4 is 16.0 Å². The van der Waals surface area contributed by atoms with Crippen molar-refractivity contribution in [3.05, 3.63) is 120 Å². The van der Waals surface area contributed by atoms with Gasteiger partial charge in [-0.2, -0.15) is 0 Å². The van der Waals surface area contributed by atoms with Gasteiger partial charge in [0.1, 0.15) is 11.5 Å². The van der Waals surface area contributed by atoms with Crippen LogP contribution in [0.1, 0.15) is 16.1 Å². The standard InChI is InChI=1S/C30H24N4O4S/c35-28(32-23-12-11-20-13-14-31-26(20)17-23)19-39-25-10-4-8-22(16-25)33-30(37)27(18-24-9-5-15-38-24)34-29(36)21-6-2-1-3-7-21/h1-18,31H,19H2,(H,32,35)(H,33,37)(H,34,36)/b27-18-. The first-order valence-electron chi connectivity index (χ1n) is 12.1. The summed E-state index contributed by atoms with van der Waals surface area (Å²) < 4.78 is 5.33. The molecule has 5 rings (SSSR count). The average molecular weight is 537 g/mol. The molecule has 5 aromatic rings. The molecular weight excluding hydrogens is 512 g/mol. The molecule has 39 heavy (non-hydrogen) atoms. The topological polar surface area (TPSA) is 116 Å². The van der Waals surface area contributed by atoms with E-state index in [0.29, 0.717) is 22.7 Å². The van der Waals surface area contributed by atoms with Crippen LogP contribution in [0.25, 0.3) is 17.0 Å². The Morgan fingerprint density at radius 2 is 1.69 bits per heavy atom. The Morgan fingerprint density at radius 1 is 0.846 bits per heavy atom. The van der Waals surface area contributed by atoms with E-state index in [1.165, 1.54) is 24.1 Å². The number of nitrogens with one attached hydrogen (secondary N) is 4. The molecule has 9 heteroatoms. The molecule has 0 radical (unpaired) electrons. The van der Waals surface area contributed by atoms with Crippen LogP contribution in [-0.2, 0) is 9.59 Å². The van der Waals surface area contributed by atoms with Gasteiger partial charge in [0.15, 0.2) is 0 Å². The van der Waals surface area contributed by atoms with Gasteiger partial charge < -0.3 is 25.4 Å². The molecule has 0 aliphatic rings. The highest BCUT2D eigenvalue weighted by atomic mass is 32.2. The van der Waals surface area contributed by atoms with Crippen LogP contribution in [0.5, 0.6) is 0 Å². The number of aromatic amines is 1. The van der Waals surface area contributed by atoms with E-state index in [4.69, 9.17) is 4.42 Å². The van der Waals surface area contributed by atoms with E-state index in [0.717, 1.165) is 15.8 Å². The zero-order valence-corrected chi connectivity index (χ0v) is 21.5. The lowest BCUT2D eigenvalue weighted by Crippen LogP contribution is -2.30. The smallest absolute Gasteiger partial charge is 0.272 e. The molecule has 0 saturated carbocycles. The fourth-order valence-electron chi connectivity index (χ4n) is 3.79. The number of aromatic nitrogens is 1. The second-order valence-corrected chi connectivity index (χ2v) is 9.54. The van der Waals surface area contributed by atoms with Crippen LogP contribution in [-0.4, -0.2) is 28.5 Å². The van der Waals surface area contributed by atoms with E-state index in [-0.39, 0.29) is 17.4 Å². The Balaban J connectivity index is 1.22. The molecule has 2 heterocycles. The maximum atomic E-state index is 13.2. The first-order valence-corrected chi connectivity index (χ1v) is 13.0. The molecule has 3 aromatic carbocycles. The first kappa shape index (κ1) is 25.6. The van der Waals surface area contributed by atoms with Crippen LogP contribution in [0.2, 0.25) is 0 Å². The quantitative estimate of drug-likeness (QED) is 0.138. The van der Waals surface area contributed by atoms with Crippen molar-refractivity contribution in [1.29, 1.82) is 0 Å². The van der Waals surface area contributed by atoms with Crippen LogP contribution in [0.15, 0.2) is 118 Å². The summed E-state index contributed by atoms with van der Waals surface area (Å²) >= 11 is 1.34. The van der Waals surface area contributed by atoms with Gasteiger partial charge in [0.05, 0.1) is 12.0 Å². The van der Waals surface area contributed by atoms with Crippen molar-refractivity contribution in [2.24, 2.45) is 0 Å². The van der Waals surface area contributed by atoms with E-state index in [9.17, 15) is 14.4 Å². The molecule has 2 aromatic heterocycles. The van der Waals surface area contributed by atoms with Crippen molar-refractivity contribution in [1.82, 2.24) is 10.3 Å². The lowest BCUT2D eigenvalue weighted by atomic mass is 10.2. The molecule has 0 aliphatic carbocycles. The minimum Gasteiger partial charge on any atom is -0.465 e. The number of hydrogen-bond acceptors (Lipinski definition) is 5. The number of amides is 3. The third kappa shape index (κ3) is 6.85. The number of H-pyrrole nitrogens is 1. The van der Waals surface area contributed by atoms with Crippen LogP contribution in [0.4, 0.5) is 11.4 Å². The van der Waals surface area contributed by atoms with E-state index in [1.807, 2.05) is 36.5 Å². The van der Waals surface area contributed by atoms with Crippen LogP contribution in [0.3, 0.4) is 0 Å². The van der Waals surface area contributed by atoms with Crippen molar-refractivity contribution < 1.29 is 18.8 Å². The third-order valence-electron chi connectivity index (χ3n) is 5.66. The molecule has 0 saturated heterocycles. The molecule has 8 nitrogen and oxygen atoms in total. The summed E-state index contributed by atoms with van der Waals surface area (Å²) in [5.74, 6) is -0.479. The van der Waals surface area contributed by atoms with Gasteiger partial charge in [-0.05, 0) is 66.0 Å². The fourth-order valence-corrected chi connectivity index (χ4v) is 4.55. The average Bonchev–Trinajstić information content (AvgIpc) is 3.64. The second-order valence-electron chi connectivity index (χ2n) is 8.49. The fraction of sp³-hybridized carbons (Fsp3) is 0.0333. The monoisotopic (exact) mass is 536 g/mol. The van der Waals surface area contributed by atoms with Gasteiger partial charge in [0.25, 0.3) is 11.8 Å². The summed E-state index contributed by atoms with van der Waals surface area (Å²) in [6.45, 7) is 0. The molecular formula is C30H24N4O4S. The van der Waals surface area contributed by atoms with Crippen molar-refractivity contribution in [2.75, 3.05) is 16.4 Å². The summed E-state index contributed by atoms with van der Waals surface area (Å²) in [6, 6.07) is 26.8. The van der Waals surface area contributed by atoms with E-state index in [1.54, 1.807) is 60.7 Å². The molecule has 3 amide bonds. The number of rotatable bonds is 9. The first-order chi connectivity index (χ1) is 19.0. The molecule has 0 spiro atoms. The highest BCUT2D eigenvalue weighted by Gasteiger charge is 2.16. The molecule has 194 valence electrons. The Bertz CT molecular complexity index is 1640. The third-order valence-corrected chi connectivity index (χ3v) is 6.65. The minimum atomic E-state index is -0.518. The van der Waals surface area contributed by atoms with E-state index in [2.05, 4.69) is 20.9 Å². The predicted octanol–water partition coefficient (Wildman–Crippen LogP) is 5.90. The Morgan fingerprint density at radius 3 is 2.51 bits per heavy atom. The second kappa shape index (κ2) is 12.0. The van der Waals surface area contributed by atoms with Crippen LogP contribution in [0, 0.1) is 0 Å². The molecule has 4 N–H and O–H groups in total. The lowest BCUT2D eigenvalue weighted by molar-refractivity contribution is -0.114. The maximum Gasteiger partial charge on any atom is 0.272 e. The molecule has 0 aliphatic heterocycles. The van der Waals surface area contributed by atoms with Gasteiger partial charge in [0, 0.05) is 39.6 Å². The van der Waals surface area contributed by atoms with E-state index >= 15 is 0 Å². The zero-order chi connectivity index (χ0) is 27.0. The number of thioether (sulfide) groups is 1. The van der Waals surface area contributed by atoms with Gasteiger partial charge >= 0.3 is 0 Å². The number of carbonyl (C=O) groups is 3. The van der Waals surface area contributed by atoms with Crippen molar-refractivity contribution in [3.8, 4) is 0 Å². The lowest BCUT2D eigenvalue weighted by Gasteiger charge is -2.12. The summed E-state index contributed by atoms with van der Waals surface area (Å²) in [6.07, 6.45) is 4.80. The molecule has 0 unspecified atom stereocenters. The van der Waals surface area contributed by atoms with Crippen LogP contribution >= 0.6 is 11.8 Å². The highest BCUT2D eigenvalue weighted by Crippen LogP contribution is 2.23. The van der Waals surface area contributed by atoms with Gasteiger partial charge in [-0.15, -0.1) is 11.8 Å². The highest BCUT2D eigenvalue weighted by molar-refractivity contribution is 8.00. The number of carbonyl (C=O) groups excluding carboxylic acids is 3. The number of furan rings is 1. The van der Waals surface area contributed by atoms with E-state index < -0.39 is 11.8 Å². The van der Waals surface area contributed by atoms with Gasteiger partial charge in [-0.1, -0.05) is 30.3 Å². The zero-order valence-electron chi connectivity index (χ0n) is 20.6. The van der Waals surface area contributed by atoms with Crippen molar-refractivity contribution in [3.63, 3.8) is 0 Å². The summed E-state index contributed by atoms with van der Waals surface area (Å²) in [4.78, 5) is 42.3. The normalized spacial score (nSPS) is 11.2. The number of fused-ring (bicyclic) bond motifs is 1. The maximum absolute atomic E-state index is 13.2. The van der Waals surface area contributed by atoms with Crippen molar-refractivity contribution in [2.45, 2.75) is 4.90 Å². The number of benzene rings is 3. The van der Waals surface area contributed by atoms with Gasteiger partial charge in [-0.3, -0.25) is 14.4 Å². The summed E-state index contributed by atoms with van der Waals surface area (Å²) in [5, 5.41) is 9.46. The molecule has 0 atom stereocenters. The summed E-state index contributed by atoms with van der Waals surface area (Å²) in [7, 11) is 0. The Labute approximate surface area is 228 Å². The van der Waals surface area contributed by atoms with Crippen molar-refractivity contribution >= 4 is 57.8 Å². The van der Waals surface area contributed by atoms with Gasteiger partial charge in [0.2, 0.25) is 5.91 Å². The SMILES string of the molecule is O=C(CSc1cccc(NC(=O)/C(=C/c2ccco2)NC(=O)c2ccccc2)c1)Nc1ccc2cc[nH]c2c1. The summed E-state index contributed by atoms with van der Waals surface area (Å²) in [5.41, 5.74) is 2.62. The Kier molecular flexibility index (Phi) is 7.89. The molecule has 0 fully saturated rings. The van der Waals surface area contributed by atoms with Gasteiger partial charge in [-0.25, -0.2) is 0 Å². The number of hydrogen-bond donors (Lipinski definition) is 4. The Hall–Kier alpha value is -5.02.